The van der Waals surface area contributed by atoms with Crippen LogP contribution in [0.5, 0.6) is 0 Å². The average molecular weight is 203 g/mol. The van der Waals surface area contributed by atoms with E-state index in [0.717, 1.165) is 18.7 Å². The molecule has 0 bridgehead atoms. The zero-order valence-electron chi connectivity index (χ0n) is 8.36. The number of hydrogen-bond donors (Lipinski definition) is 2. The zero-order chi connectivity index (χ0) is 10.7. The molecule has 3 N–H and O–H groups in total. The molecule has 1 unspecified atom stereocenters. The number of hydrogen-bond acceptors (Lipinski definition) is 3. The number of benzene rings is 1. The first-order valence-electron chi connectivity index (χ1n) is 4.91. The van der Waals surface area contributed by atoms with Crippen molar-refractivity contribution in [3.05, 3.63) is 29.6 Å². The summed E-state index contributed by atoms with van der Waals surface area (Å²) in [5, 5.41) is 3.29. The summed E-state index contributed by atoms with van der Waals surface area (Å²) in [4.78, 5) is 3.37. The highest BCUT2D eigenvalue weighted by Gasteiger charge is 2.15. The summed E-state index contributed by atoms with van der Waals surface area (Å²) in [6, 6.07) is 5.57. The van der Waals surface area contributed by atoms with Gasteiger partial charge in [-0.05, 0) is 18.6 Å². The molecule has 0 radical (unpaired) electrons. The summed E-state index contributed by atoms with van der Waals surface area (Å²) in [5.41, 5.74) is 7.93. The largest absolute Gasteiger partial charge is 0.397 e. The van der Waals surface area contributed by atoms with E-state index in [1.807, 2.05) is 0 Å². The van der Waals surface area contributed by atoms with Gasteiger partial charge in [0.25, 0.3) is 0 Å². The van der Waals surface area contributed by atoms with Crippen molar-refractivity contribution in [1.82, 2.24) is 0 Å². The van der Waals surface area contributed by atoms with Gasteiger partial charge in [0.15, 0.2) is 5.69 Å². The molecule has 1 heterocycles. The Morgan fingerprint density at radius 1 is 1.53 bits per heavy atom. The third-order valence-corrected chi connectivity index (χ3v) is 2.46. The number of nitrogen functional groups attached to an aromatic ring is 1. The molecular weight excluding hydrogens is 190 g/mol. The van der Waals surface area contributed by atoms with E-state index in [4.69, 9.17) is 17.0 Å². The van der Waals surface area contributed by atoms with Crippen LogP contribution >= 0.6 is 0 Å². The standard InChI is InChI=1S/C11H13N3O/c1-13-8-2-3-10(12)11(6-8)14-9-4-5-15-7-9/h2-3,6,9,14H,4-5,7,12H2. The van der Waals surface area contributed by atoms with E-state index in [1.165, 1.54) is 0 Å². The Morgan fingerprint density at radius 3 is 3.07 bits per heavy atom. The fourth-order valence-corrected chi connectivity index (χ4v) is 1.61. The van der Waals surface area contributed by atoms with E-state index in [0.29, 0.717) is 24.0 Å². The summed E-state index contributed by atoms with van der Waals surface area (Å²) in [5.74, 6) is 0. The molecule has 1 fully saturated rings. The Morgan fingerprint density at radius 2 is 2.40 bits per heavy atom. The molecule has 0 aromatic heterocycles. The first kappa shape index (κ1) is 9.81. The quantitative estimate of drug-likeness (QED) is 0.571. The van der Waals surface area contributed by atoms with E-state index in [1.54, 1.807) is 18.2 Å². The van der Waals surface area contributed by atoms with E-state index < -0.39 is 0 Å². The molecule has 1 aromatic carbocycles. The second-order valence-corrected chi connectivity index (χ2v) is 3.59. The van der Waals surface area contributed by atoms with Crippen molar-refractivity contribution in [3.63, 3.8) is 0 Å². The SMILES string of the molecule is [C-]#[N+]c1ccc(N)c(NC2CCOC2)c1. The smallest absolute Gasteiger partial charge is 0.189 e. The van der Waals surface area contributed by atoms with E-state index >= 15 is 0 Å². The molecule has 0 amide bonds. The van der Waals surface area contributed by atoms with Gasteiger partial charge in [-0.25, -0.2) is 4.85 Å². The van der Waals surface area contributed by atoms with Gasteiger partial charge >= 0.3 is 0 Å². The Hall–Kier alpha value is -1.73. The fourth-order valence-electron chi connectivity index (χ4n) is 1.61. The van der Waals surface area contributed by atoms with Crippen LogP contribution in [0.1, 0.15) is 6.42 Å². The van der Waals surface area contributed by atoms with Crippen LogP contribution in [0.15, 0.2) is 18.2 Å². The minimum atomic E-state index is 0.313. The van der Waals surface area contributed by atoms with E-state index in [-0.39, 0.29) is 0 Å². The van der Waals surface area contributed by atoms with Crippen molar-refractivity contribution in [1.29, 1.82) is 0 Å². The average Bonchev–Trinajstić information content (AvgIpc) is 2.74. The lowest BCUT2D eigenvalue weighted by molar-refractivity contribution is 0.195. The molecule has 1 aliphatic heterocycles. The topological polar surface area (TPSA) is 51.6 Å². The summed E-state index contributed by atoms with van der Waals surface area (Å²) in [6.45, 7) is 8.43. The fraction of sp³-hybridized carbons (Fsp3) is 0.364. The molecule has 1 aliphatic rings. The predicted octanol–water partition coefficient (Wildman–Crippen LogP) is 2.02. The number of nitrogens with zero attached hydrogens (tertiary/aromatic N) is 1. The maximum Gasteiger partial charge on any atom is 0.189 e. The van der Waals surface area contributed by atoms with Crippen LogP contribution in [0.4, 0.5) is 17.1 Å². The van der Waals surface area contributed by atoms with Crippen molar-refractivity contribution < 1.29 is 4.74 Å². The molecule has 4 heteroatoms. The Kier molecular flexibility index (Phi) is 2.75. The Bertz CT molecular complexity index is 391. The molecule has 1 atom stereocenters. The van der Waals surface area contributed by atoms with Gasteiger partial charge in [0.1, 0.15) is 0 Å². The van der Waals surface area contributed by atoms with Crippen LogP contribution < -0.4 is 11.1 Å². The van der Waals surface area contributed by atoms with Gasteiger partial charge in [0, 0.05) is 12.3 Å². The van der Waals surface area contributed by atoms with Crippen molar-refractivity contribution in [3.8, 4) is 0 Å². The molecule has 1 aromatic rings. The predicted molar refractivity (Wildman–Crippen MR) is 60.0 cm³/mol. The molecule has 0 spiro atoms. The summed E-state index contributed by atoms with van der Waals surface area (Å²) >= 11 is 0. The monoisotopic (exact) mass is 203 g/mol. The molecule has 15 heavy (non-hydrogen) atoms. The van der Waals surface area contributed by atoms with Crippen molar-refractivity contribution >= 4 is 17.1 Å². The van der Waals surface area contributed by atoms with Gasteiger partial charge in [0.2, 0.25) is 0 Å². The highest BCUT2D eigenvalue weighted by Crippen LogP contribution is 2.26. The van der Waals surface area contributed by atoms with Crippen molar-refractivity contribution in [2.24, 2.45) is 0 Å². The molecule has 0 saturated carbocycles. The second-order valence-electron chi connectivity index (χ2n) is 3.59. The van der Waals surface area contributed by atoms with Crippen LogP contribution in [0.2, 0.25) is 0 Å². The molecule has 2 rings (SSSR count). The van der Waals surface area contributed by atoms with Gasteiger partial charge in [-0.15, -0.1) is 0 Å². The van der Waals surface area contributed by atoms with Crippen molar-refractivity contribution in [2.75, 3.05) is 24.3 Å². The summed E-state index contributed by atoms with van der Waals surface area (Å²) in [7, 11) is 0. The lowest BCUT2D eigenvalue weighted by Crippen LogP contribution is -2.19. The first-order valence-corrected chi connectivity index (χ1v) is 4.91. The number of nitrogens with one attached hydrogen (secondary N) is 1. The van der Waals surface area contributed by atoms with Crippen LogP contribution in [0, 0.1) is 6.57 Å². The van der Waals surface area contributed by atoms with E-state index in [2.05, 4.69) is 10.2 Å². The van der Waals surface area contributed by atoms with Crippen molar-refractivity contribution in [2.45, 2.75) is 12.5 Å². The number of anilines is 2. The molecule has 78 valence electrons. The minimum Gasteiger partial charge on any atom is -0.397 e. The van der Waals surface area contributed by atoms with Gasteiger partial charge < -0.3 is 15.8 Å². The van der Waals surface area contributed by atoms with Crippen LogP contribution in [-0.4, -0.2) is 19.3 Å². The number of rotatable bonds is 2. The third kappa shape index (κ3) is 2.20. The van der Waals surface area contributed by atoms with Gasteiger partial charge in [-0.2, -0.15) is 0 Å². The first-order chi connectivity index (χ1) is 7.29. The molecule has 0 aliphatic carbocycles. The summed E-state index contributed by atoms with van der Waals surface area (Å²) < 4.78 is 5.26. The normalized spacial score (nSPS) is 19.8. The highest BCUT2D eigenvalue weighted by atomic mass is 16.5. The van der Waals surface area contributed by atoms with Crippen LogP contribution in [0.3, 0.4) is 0 Å². The van der Waals surface area contributed by atoms with Gasteiger partial charge in [0.05, 0.1) is 24.9 Å². The maximum absolute atomic E-state index is 6.93. The van der Waals surface area contributed by atoms with Gasteiger partial charge in [-0.1, -0.05) is 6.07 Å². The lowest BCUT2D eigenvalue weighted by Gasteiger charge is -2.14. The summed E-state index contributed by atoms with van der Waals surface area (Å²) in [6.07, 6.45) is 0.988. The number of nitrogens with two attached hydrogens (primary N) is 1. The lowest BCUT2D eigenvalue weighted by atomic mass is 10.2. The molecule has 1 saturated heterocycles. The second kappa shape index (κ2) is 4.20. The molecule has 4 nitrogen and oxygen atoms in total. The van der Waals surface area contributed by atoms with Crippen LogP contribution in [0.25, 0.3) is 4.85 Å². The Labute approximate surface area is 88.9 Å². The number of ether oxygens (including phenoxy) is 1. The molecular formula is C11H13N3O. The van der Waals surface area contributed by atoms with Crippen LogP contribution in [-0.2, 0) is 4.74 Å². The van der Waals surface area contributed by atoms with E-state index in [9.17, 15) is 0 Å². The third-order valence-electron chi connectivity index (χ3n) is 2.46. The zero-order valence-corrected chi connectivity index (χ0v) is 8.36. The highest BCUT2D eigenvalue weighted by molar-refractivity contribution is 5.72. The Balaban J connectivity index is 2.15. The minimum absolute atomic E-state index is 0.313. The van der Waals surface area contributed by atoms with Gasteiger partial charge in [-0.3, -0.25) is 0 Å². The maximum atomic E-state index is 6.93.